The first-order chi connectivity index (χ1) is 10.3. The predicted molar refractivity (Wildman–Crippen MR) is 81.4 cm³/mol. The molecule has 0 aromatic heterocycles. The Morgan fingerprint density at radius 1 is 1.10 bits per heavy atom. The van der Waals surface area contributed by atoms with Crippen LogP contribution in [-0.4, -0.2) is 69.4 Å². The van der Waals surface area contributed by atoms with E-state index in [0.29, 0.717) is 24.5 Å². The Hall–Kier alpha value is -1.61. The maximum atomic E-state index is 8.95. The van der Waals surface area contributed by atoms with Crippen molar-refractivity contribution < 1.29 is 9.47 Å². The van der Waals surface area contributed by atoms with Crippen molar-refractivity contribution >= 4 is 0 Å². The highest BCUT2D eigenvalue weighted by Gasteiger charge is 2.12. The van der Waals surface area contributed by atoms with E-state index in [1.54, 1.807) is 6.07 Å². The molecule has 1 heterocycles. The van der Waals surface area contributed by atoms with Gasteiger partial charge in [0.2, 0.25) is 0 Å². The molecule has 1 aliphatic heterocycles. The number of piperazine rings is 1. The van der Waals surface area contributed by atoms with Crippen LogP contribution in [0.3, 0.4) is 0 Å². The largest absolute Gasteiger partial charge is 0.490 e. The molecule has 1 aromatic rings. The second kappa shape index (κ2) is 8.63. The number of para-hydroxylation sites is 1. The quantitative estimate of drug-likeness (QED) is 0.706. The second-order valence-electron chi connectivity index (χ2n) is 5.21. The van der Waals surface area contributed by atoms with Crippen molar-refractivity contribution in [2.75, 3.05) is 59.6 Å². The van der Waals surface area contributed by atoms with Crippen LogP contribution in [0.1, 0.15) is 5.56 Å². The molecule has 0 amide bonds. The smallest absolute Gasteiger partial charge is 0.137 e. The first kappa shape index (κ1) is 15.8. The fourth-order valence-corrected chi connectivity index (χ4v) is 2.26. The van der Waals surface area contributed by atoms with Crippen LogP contribution in [0.2, 0.25) is 0 Å². The Labute approximate surface area is 126 Å². The van der Waals surface area contributed by atoms with Gasteiger partial charge in [-0.15, -0.1) is 0 Å². The molecule has 0 bridgehead atoms. The Morgan fingerprint density at radius 3 is 2.62 bits per heavy atom. The summed E-state index contributed by atoms with van der Waals surface area (Å²) in [6.45, 7) is 7.23. The standard InChI is InChI=1S/C16H23N3O2/c1-18-6-8-19(9-7-18)10-11-20-12-13-21-16-5-3-2-4-15(16)14-17/h2-5H,6-13H2,1H3. The number of benzene rings is 1. The van der Waals surface area contributed by atoms with Gasteiger partial charge >= 0.3 is 0 Å². The summed E-state index contributed by atoms with van der Waals surface area (Å²) < 4.78 is 11.2. The molecule has 0 spiro atoms. The third kappa shape index (κ3) is 5.35. The van der Waals surface area contributed by atoms with Crippen molar-refractivity contribution in [1.29, 1.82) is 5.26 Å². The van der Waals surface area contributed by atoms with Crippen LogP contribution in [0.5, 0.6) is 5.75 Å². The normalized spacial score (nSPS) is 16.6. The van der Waals surface area contributed by atoms with E-state index in [-0.39, 0.29) is 0 Å². The maximum absolute atomic E-state index is 8.95. The lowest BCUT2D eigenvalue weighted by Crippen LogP contribution is -2.45. The molecule has 0 saturated carbocycles. The average Bonchev–Trinajstić information content (AvgIpc) is 2.53. The van der Waals surface area contributed by atoms with Crippen molar-refractivity contribution in [3.05, 3.63) is 29.8 Å². The van der Waals surface area contributed by atoms with Gasteiger partial charge in [0.1, 0.15) is 18.4 Å². The zero-order valence-electron chi connectivity index (χ0n) is 12.6. The van der Waals surface area contributed by atoms with Crippen LogP contribution in [0, 0.1) is 11.3 Å². The van der Waals surface area contributed by atoms with Crippen LogP contribution in [0.4, 0.5) is 0 Å². The average molecular weight is 289 g/mol. The van der Waals surface area contributed by atoms with Crippen molar-refractivity contribution in [3.63, 3.8) is 0 Å². The summed E-state index contributed by atoms with van der Waals surface area (Å²) >= 11 is 0. The van der Waals surface area contributed by atoms with E-state index in [1.807, 2.05) is 18.2 Å². The lowest BCUT2D eigenvalue weighted by molar-refractivity contribution is 0.0657. The molecule has 114 valence electrons. The van der Waals surface area contributed by atoms with Gasteiger partial charge in [-0.1, -0.05) is 12.1 Å². The third-order valence-corrected chi connectivity index (χ3v) is 3.64. The molecule has 5 nitrogen and oxygen atoms in total. The molecule has 2 rings (SSSR count). The van der Waals surface area contributed by atoms with Crippen molar-refractivity contribution in [2.24, 2.45) is 0 Å². The number of ether oxygens (including phenoxy) is 2. The van der Waals surface area contributed by atoms with Gasteiger partial charge in [0, 0.05) is 32.7 Å². The van der Waals surface area contributed by atoms with E-state index < -0.39 is 0 Å². The summed E-state index contributed by atoms with van der Waals surface area (Å²) in [5.74, 6) is 0.627. The first-order valence-corrected chi connectivity index (χ1v) is 7.40. The first-order valence-electron chi connectivity index (χ1n) is 7.40. The number of likely N-dealkylation sites (N-methyl/N-ethyl adjacent to an activating group) is 1. The van der Waals surface area contributed by atoms with Gasteiger partial charge in [0.05, 0.1) is 18.8 Å². The van der Waals surface area contributed by atoms with E-state index in [4.69, 9.17) is 14.7 Å². The second-order valence-corrected chi connectivity index (χ2v) is 5.21. The summed E-state index contributed by atoms with van der Waals surface area (Å²) in [6, 6.07) is 9.38. The molecule has 1 fully saturated rings. The topological polar surface area (TPSA) is 48.7 Å². The molecule has 1 saturated heterocycles. The molecular weight excluding hydrogens is 266 g/mol. The summed E-state index contributed by atoms with van der Waals surface area (Å²) in [5.41, 5.74) is 0.565. The highest BCUT2D eigenvalue weighted by Crippen LogP contribution is 2.16. The minimum absolute atomic E-state index is 0.474. The van der Waals surface area contributed by atoms with E-state index in [2.05, 4.69) is 22.9 Å². The number of nitrogens with zero attached hydrogens (tertiary/aromatic N) is 3. The zero-order chi connectivity index (χ0) is 14.9. The van der Waals surface area contributed by atoms with Crippen LogP contribution >= 0.6 is 0 Å². The lowest BCUT2D eigenvalue weighted by atomic mass is 10.2. The SMILES string of the molecule is CN1CCN(CCOCCOc2ccccc2C#N)CC1. The zero-order valence-corrected chi connectivity index (χ0v) is 12.6. The number of hydrogen-bond donors (Lipinski definition) is 0. The Balaban J connectivity index is 1.55. The molecule has 1 aliphatic rings. The number of rotatable bonds is 7. The molecule has 5 heteroatoms. The monoisotopic (exact) mass is 289 g/mol. The Kier molecular flexibility index (Phi) is 6.48. The summed E-state index contributed by atoms with van der Waals surface area (Å²) in [6.07, 6.45) is 0. The van der Waals surface area contributed by atoms with Gasteiger partial charge in [0.25, 0.3) is 0 Å². The van der Waals surface area contributed by atoms with Crippen LogP contribution in [-0.2, 0) is 4.74 Å². The van der Waals surface area contributed by atoms with E-state index in [9.17, 15) is 0 Å². The van der Waals surface area contributed by atoms with Crippen molar-refractivity contribution in [2.45, 2.75) is 0 Å². The molecule has 0 unspecified atom stereocenters. The molecule has 21 heavy (non-hydrogen) atoms. The highest BCUT2D eigenvalue weighted by atomic mass is 16.5. The minimum atomic E-state index is 0.474. The van der Waals surface area contributed by atoms with Gasteiger partial charge in [0.15, 0.2) is 0 Å². The van der Waals surface area contributed by atoms with Gasteiger partial charge in [-0.2, -0.15) is 5.26 Å². The molecule has 1 aromatic carbocycles. The highest BCUT2D eigenvalue weighted by molar-refractivity contribution is 5.42. The summed E-state index contributed by atoms with van der Waals surface area (Å²) in [5, 5.41) is 8.95. The van der Waals surface area contributed by atoms with Gasteiger partial charge in [-0.05, 0) is 19.2 Å². The Morgan fingerprint density at radius 2 is 1.86 bits per heavy atom. The van der Waals surface area contributed by atoms with Crippen LogP contribution < -0.4 is 4.74 Å². The van der Waals surface area contributed by atoms with E-state index in [1.165, 1.54) is 0 Å². The molecule has 0 radical (unpaired) electrons. The lowest BCUT2D eigenvalue weighted by Gasteiger charge is -2.32. The molecular formula is C16H23N3O2. The molecule has 0 N–H and O–H groups in total. The number of hydrogen-bond acceptors (Lipinski definition) is 5. The number of nitriles is 1. The fourth-order valence-electron chi connectivity index (χ4n) is 2.26. The van der Waals surface area contributed by atoms with Crippen LogP contribution in [0.15, 0.2) is 24.3 Å². The van der Waals surface area contributed by atoms with Crippen LogP contribution in [0.25, 0.3) is 0 Å². The van der Waals surface area contributed by atoms with Crippen molar-refractivity contribution in [1.82, 2.24) is 9.80 Å². The predicted octanol–water partition coefficient (Wildman–Crippen LogP) is 1.20. The Bertz CT molecular complexity index is 465. The third-order valence-electron chi connectivity index (χ3n) is 3.64. The molecule has 0 atom stereocenters. The summed E-state index contributed by atoms with van der Waals surface area (Å²) in [7, 11) is 2.16. The van der Waals surface area contributed by atoms with Gasteiger partial charge in [-0.3, -0.25) is 4.90 Å². The van der Waals surface area contributed by atoms with E-state index in [0.717, 1.165) is 39.3 Å². The van der Waals surface area contributed by atoms with E-state index >= 15 is 0 Å². The van der Waals surface area contributed by atoms with Crippen molar-refractivity contribution in [3.8, 4) is 11.8 Å². The maximum Gasteiger partial charge on any atom is 0.137 e. The fraction of sp³-hybridized carbons (Fsp3) is 0.562. The van der Waals surface area contributed by atoms with Gasteiger partial charge < -0.3 is 14.4 Å². The van der Waals surface area contributed by atoms with Gasteiger partial charge in [-0.25, -0.2) is 0 Å². The molecule has 0 aliphatic carbocycles. The summed E-state index contributed by atoms with van der Waals surface area (Å²) in [4.78, 5) is 4.77. The minimum Gasteiger partial charge on any atom is -0.490 e.